The molecule has 0 unspecified atom stereocenters. The summed E-state index contributed by atoms with van der Waals surface area (Å²) in [5.74, 6) is -0.0324. The van der Waals surface area contributed by atoms with Gasteiger partial charge in [0.25, 0.3) is 3.01 Å². The molecule has 7 heteroatoms. The monoisotopic (exact) mass is 382 g/mol. The highest BCUT2D eigenvalue weighted by Gasteiger charge is 2.18. The van der Waals surface area contributed by atoms with Crippen LogP contribution in [0.1, 0.15) is 0 Å². The molecule has 10 heavy (non-hydrogen) atoms. The van der Waals surface area contributed by atoms with E-state index < -0.39 is 4.92 Å². The van der Waals surface area contributed by atoms with E-state index >= 15 is 0 Å². The van der Waals surface area contributed by atoms with Crippen LogP contribution in [-0.4, -0.2) is 9.91 Å². The highest BCUT2D eigenvalue weighted by molar-refractivity contribution is 14.1. The molecule has 0 atom stereocenters. The van der Waals surface area contributed by atoms with E-state index in [2.05, 4.69) is 4.98 Å². The van der Waals surface area contributed by atoms with Crippen molar-refractivity contribution in [2.45, 2.75) is 0 Å². The molecule has 0 saturated carbocycles. The molecule has 1 aromatic rings. The third kappa shape index (κ3) is 1.75. The molecule has 1 heterocycles. The summed E-state index contributed by atoms with van der Waals surface area (Å²) in [7, 11) is 0. The first-order chi connectivity index (χ1) is 4.61. The largest absolute Gasteiger partial charge is 0.389 e. The van der Waals surface area contributed by atoms with Gasteiger partial charge in [-0.05, 0) is 32.5 Å². The van der Waals surface area contributed by atoms with Gasteiger partial charge in [-0.15, -0.1) is 0 Å². The van der Waals surface area contributed by atoms with Crippen LogP contribution in [-0.2, 0) is 0 Å². The van der Waals surface area contributed by atoms with Crippen LogP contribution in [0.25, 0.3) is 0 Å². The van der Waals surface area contributed by atoms with Crippen LogP contribution in [0.2, 0.25) is 0 Å². The van der Waals surface area contributed by atoms with E-state index in [9.17, 15) is 10.1 Å². The molecule has 0 N–H and O–H groups in total. The van der Waals surface area contributed by atoms with Gasteiger partial charge in [0.05, 0.1) is 0 Å². The Morgan fingerprint density at radius 3 is 2.40 bits per heavy atom. The predicted octanol–water partition coefficient (Wildman–Crippen LogP) is 2.26. The number of aromatic nitrogens is 1. The zero-order chi connectivity index (χ0) is 7.72. The third-order valence-corrected chi connectivity index (χ3v) is 3.38. The average molecular weight is 382 g/mol. The lowest BCUT2D eigenvalue weighted by atomic mass is 10.8. The second-order valence-electron chi connectivity index (χ2n) is 1.32. The fourth-order valence-corrected chi connectivity index (χ4v) is 3.97. The normalized spacial score (nSPS) is 9.80. The van der Waals surface area contributed by atoms with Crippen LogP contribution in [0.15, 0.2) is 0 Å². The Balaban J connectivity index is 3.15. The van der Waals surface area contributed by atoms with E-state index in [1.807, 2.05) is 45.2 Å². The number of hydrogen-bond acceptors (Lipinski definition) is 4. The highest BCUT2D eigenvalue weighted by atomic mass is 127. The number of rotatable bonds is 1. The summed E-state index contributed by atoms with van der Waals surface area (Å²) in [6, 6.07) is 0. The topological polar surface area (TPSA) is 56.0 Å². The van der Waals surface area contributed by atoms with Gasteiger partial charge in [-0.25, -0.2) is 0 Å². The second-order valence-corrected chi connectivity index (χ2v) is 5.88. The van der Waals surface area contributed by atoms with Crippen LogP contribution in [0.4, 0.5) is 5.82 Å². The van der Waals surface area contributed by atoms with Gasteiger partial charge in [-0.2, -0.15) is 0 Å². The minimum Gasteiger partial charge on any atom is -0.358 e. The lowest BCUT2D eigenvalue weighted by Gasteiger charge is -1.84. The summed E-state index contributed by atoms with van der Waals surface area (Å²) in [5.41, 5.74) is 0. The second kappa shape index (κ2) is 3.26. The molecule has 0 aliphatic rings. The van der Waals surface area contributed by atoms with Crippen molar-refractivity contribution in [2.75, 3.05) is 0 Å². The van der Waals surface area contributed by atoms with E-state index in [4.69, 9.17) is 0 Å². The van der Waals surface area contributed by atoms with E-state index in [0.717, 1.165) is 0 Å². The van der Waals surface area contributed by atoms with Crippen molar-refractivity contribution in [1.82, 2.24) is 4.98 Å². The van der Waals surface area contributed by atoms with Gasteiger partial charge in [-0.3, -0.25) is 0 Å². The standard InChI is InChI=1S/C3I2N2O2S/c4-1-2(7(8)9)6-3(5)10-1. The third-order valence-electron chi connectivity index (χ3n) is 0.716. The predicted molar refractivity (Wildman–Crippen MR) is 54.2 cm³/mol. The molecule has 0 aliphatic heterocycles. The average Bonchev–Trinajstić information content (AvgIpc) is 2.10. The molecule has 4 nitrogen and oxygen atoms in total. The molecule has 0 saturated heterocycles. The number of nitro groups is 1. The molecule has 1 aromatic heterocycles. The zero-order valence-corrected chi connectivity index (χ0v) is 9.51. The lowest BCUT2D eigenvalue weighted by molar-refractivity contribution is -0.390. The van der Waals surface area contributed by atoms with E-state index in [0.29, 0.717) is 5.90 Å². The van der Waals surface area contributed by atoms with Gasteiger partial charge in [0.1, 0.15) is 0 Å². The number of halogens is 2. The van der Waals surface area contributed by atoms with Gasteiger partial charge in [0.2, 0.25) is 0 Å². The van der Waals surface area contributed by atoms with Crippen LogP contribution in [0.5, 0.6) is 0 Å². The number of nitrogens with zero attached hydrogens (tertiary/aromatic N) is 2. The summed E-state index contributed by atoms with van der Waals surface area (Å²) in [6.45, 7) is 0. The van der Waals surface area contributed by atoms with Gasteiger partial charge in [0.15, 0.2) is 2.88 Å². The highest BCUT2D eigenvalue weighted by Crippen LogP contribution is 2.26. The lowest BCUT2D eigenvalue weighted by Crippen LogP contribution is -1.88. The van der Waals surface area contributed by atoms with Crippen molar-refractivity contribution in [1.29, 1.82) is 0 Å². The van der Waals surface area contributed by atoms with Crippen molar-refractivity contribution in [3.05, 3.63) is 16.0 Å². The Morgan fingerprint density at radius 2 is 2.20 bits per heavy atom. The molecule has 0 bridgehead atoms. The molecule has 1 rings (SSSR count). The maximum atomic E-state index is 10.2. The molecular formula is C3I2N2O2S. The minimum absolute atomic E-state index is 0.0324. The fourth-order valence-electron chi connectivity index (χ4n) is 0.382. The SMILES string of the molecule is O=[N+]([O-])c1nc(I)sc1I. The van der Waals surface area contributed by atoms with Crippen LogP contribution in [0.3, 0.4) is 0 Å². The zero-order valence-electron chi connectivity index (χ0n) is 4.38. The Hall–Kier alpha value is 0.490. The van der Waals surface area contributed by atoms with Gasteiger partial charge >= 0.3 is 5.82 Å². The van der Waals surface area contributed by atoms with Crippen LogP contribution in [0, 0.1) is 16.0 Å². The summed E-state index contributed by atoms with van der Waals surface area (Å²) >= 11 is 5.18. The molecule has 0 spiro atoms. The number of hydrogen-bond donors (Lipinski definition) is 0. The molecule has 0 radical (unpaired) electrons. The van der Waals surface area contributed by atoms with Crippen LogP contribution < -0.4 is 0 Å². The molecule has 0 aliphatic carbocycles. The Labute approximate surface area is 87.5 Å². The van der Waals surface area contributed by atoms with E-state index in [1.165, 1.54) is 11.3 Å². The Morgan fingerprint density at radius 1 is 1.60 bits per heavy atom. The Kier molecular flexibility index (Phi) is 2.80. The Bertz CT molecular complexity index is 273. The summed E-state index contributed by atoms with van der Waals surface area (Å²) in [4.78, 5) is 13.4. The molecule has 0 aromatic carbocycles. The van der Waals surface area contributed by atoms with Crippen molar-refractivity contribution in [3.8, 4) is 0 Å². The van der Waals surface area contributed by atoms with Gasteiger partial charge in [0, 0.05) is 22.6 Å². The van der Waals surface area contributed by atoms with Crippen molar-refractivity contribution in [3.63, 3.8) is 0 Å². The summed E-state index contributed by atoms with van der Waals surface area (Å²) in [6.07, 6.45) is 0. The summed E-state index contributed by atoms with van der Waals surface area (Å²) < 4.78 is 1.33. The van der Waals surface area contributed by atoms with Crippen molar-refractivity contribution in [2.24, 2.45) is 0 Å². The molecule has 0 fully saturated rings. The quantitative estimate of drug-likeness (QED) is 0.426. The first-order valence-corrected chi connectivity index (χ1v) is 5.05. The summed E-state index contributed by atoms with van der Waals surface area (Å²) in [5, 5.41) is 10.2. The first-order valence-electron chi connectivity index (χ1n) is 2.07. The van der Waals surface area contributed by atoms with E-state index in [-0.39, 0.29) is 5.82 Å². The van der Waals surface area contributed by atoms with Crippen molar-refractivity contribution >= 4 is 62.3 Å². The minimum atomic E-state index is -0.472. The van der Waals surface area contributed by atoms with Crippen molar-refractivity contribution < 1.29 is 4.92 Å². The maximum Gasteiger partial charge on any atom is 0.389 e. The molecular weight excluding hydrogens is 382 g/mol. The number of thiazole rings is 1. The van der Waals surface area contributed by atoms with Gasteiger partial charge < -0.3 is 10.1 Å². The van der Waals surface area contributed by atoms with E-state index in [1.54, 1.807) is 0 Å². The fraction of sp³-hybridized carbons (Fsp3) is 0. The molecule has 54 valence electrons. The smallest absolute Gasteiger partial charge is 0.358 e. The van der Waals surface area contributed by atoms with Gasteiger partial charge in [-0.1, -0.05) is 11.3 Å². The van der Waals surface area contributed by atoms with Crippen LogP contribution >= 0.6 is 56.5 Å². The maximum absolute atomic E-state index is 10.2. The first kappa shape index (κ1) is 8.59. The molecule has 0 amide bonds.